The van der Waals surface area contributed by atoms with Gasteiger partial charge in [-0.1, -0.05) is 24.3 Å². The molecule has 0 bridgehead atoms. The monoisotopic (exact) mass is 766 g/mol. The first kappa shape index (κ1) is 37.0. The quantitative estimate of drug-likeness (QED) is 0.193. The van der Waals surface area contributed by atoms with Gasteiger partial charge in [-0.25, -0.2) is 0 Å². The topological polar surface area (TPSA) is 226 Å². The van der Waals surface area contributed by atoms with Gasteiger partial charge >= 0.3 is 0 Å². The minimum atomic E-state index is -0.141. The van der Waals surface area contributed by atoms with Crippen LogP contribution in [0.3, 0.4) is 0 Å². The van der Waals surface area contributed by atoms with Crippen molar-refractivity contribution in [2.24, 2.45) is 0 Å². The molecule has 4 heterocycles. The maximum Gasteiger partial charge on any atom is 0.224 e. The third-order valence-electron chi connectivity index (χ3n) is 6.98. The highest BCUT2D eigenvalue weighted by molar-refractivity contribution is 9.11. The number of hydrogen-bond donors (Lipinski definition) is 3. The van der Waals surface area contributed by atoms with E-state index in [9.17, 15) is 15.2 Å². The second-order valence-corrected chi connectivity index (χ2v) is 11.7. The van der Waals surface area contributed by atoms with E-state index in [0.29, 0.717) is 35.6 Å². The van der Waals surface area contributed by atoms with E-state index in [2.05, 4.69) is 63.2 Å². The Morgan fingerprint density at radius 1 is 0.745 bits per heavy atom. The van der Waals surface area contributed by atoms with Gasteiger partial charge in [-0.3, -0.25) is 24.7 Å². The van der Waals surface area contributed by atoms with Gasteiger partial charge in [0.2, 0.25) is 5.91 Å². The molecule has 0 saturated heterocycles. The van der Waals surface area contributed by atoms with E-state index in [0.717, 1.165) is 52.8 Å². The molecular formula is C32H32Br2N8O5. The molecule has 15 heteroatoms. The molecule has 4 aromatic heterocycles. The predicted octanol–water partition coefficient (Wildman–Crippen LogP) is 3.69. The van der Waals surface area contributed by atoms with E-state index in [-0.39, 0.29) is 16.9 Å². The summed E-state index contributed by atoms with van der Waals surface area (Å²) in [5.41, 5.74) is 5.89. The molecule has 0 saturated carbocycles. The summed E-state index contributed by atoms with van der Waals surface area (Å²) in [5, 5.41) is 29.7. The van der Waals surface area contributed by atoms with E-state index < -0.39 is 0 Å². The number of carbonyl (C=O) groups is 1. The Morgan fingerprint density at radius 2 is 1.30 bits per heavy atom. The number of pyridine rings is 4. The number of halogens is 2. The number of anilines is 2. The maximum absolute atomic E-state index is 12.1. The van der Waals surface area contributed by atoms with E-state index in [1.165, 1.54) is 13.1 Å². The number of nitrogens with one attached hydrogen (secondary N) is 1. The second-order valence-electron chi connectivity index (χ2n) is 9.95. The van der Waals surface area contributed by atoms with Crippen molar-refractivity contribution in [1.82, 2.24) is 19.9 Å². The van der Waals surface area contributed by atoms with E-state index in [4.69, 9.17) is 0 Å². The number of aromatic nitrogens is 4. The van der Waals surface area contributed by atoms with Crippen molar-refractivity contribution in [3.8, 4) is 0 Å². The zero-order chi connectivity index (χ0) is 31.8. The number of hydrogen-bond acceptors (Lipinski definition) is 8. The number of amides is 1. The summed E-state index contributed by atoms with van der Waals surface area (Å²) in [6.45, 7) is 2.48. The molecule has 6 rings (SSSR count). The molecule has 244 valence electrons. The van der Waals surface area contributed by atoms with Gasteiger partial charge in [-0.05, 0) is 78.0 Å². The Kier molecular flexibility index (Phi) is 13.8. The Balaban J connectivity index is 0.000000247. The zero-order valence-electron chi connectivity index (χ0n) is 25.0. The highest BCUT2D eigenvalue weighted by atomic mass is 79.9. The molecule has 6 aromatic rings. The molecule has 1 amide bonds. The molecule has 0 unspecified atom stereocenters. The largest absolute Gasteiger partial charge is 0.630 e. The van der Waals surface area contributed by atoms with Crippen LogP contribution in [0.1, 0.15) is 18.1 Å². The van der Waals surface area contributed by atoms with Crippen molar-refractivity contribution in [1.29, 1.82) is 0 Å². The average Bonchev–Trinajstić information content (AvgIpc) is 3.07. The first-order valence-corrected chi connectivity index (χ1v) is 15.3. The second kappa shape index (κ2) is 17.5. The molecular weight excluding hydrogens is 736 g/mol. The summed E-state index contributed by atoms with van der Waals surface area (Å²) in [4.78, 5) is 29.9. The number of carbonyl (C=O) groups excluding carboxylic acids is 1. The number of rotatable bonds is 8. The summed E-state index contributed by atoms with van der Waals surface area (Å²) in [7, 11) is 0. The fourth-order valence-electron chi connectivity index (χ4n) is 4.70. The van der Waals surface area contributed by atoms with E-state index in [1.54, 1.807) is 54.2 Å². The number of benzene rings is 2. The standard InChI is InChI=1S/C17H15BrN4O2.C15H13BrN4O.2H2O/c1-11(23)22(17-4-5-19-9-16(17)21-24)10-12-2-3-13-7-20-8-15(18)14(13)6-12;16-13-8-18-7-11-2-1-10(5-12(11)13)6-19-14-3-4-17-9-15(14)20-21;;/h2-9H,10,21H2,1H3;1-5,7-9H,6,20H2,(H,17,19);2*1H2. The Hall–Kier alpha value is -4.45. The van der Waals surface area contributed by atoms with Crippen molar-refractivity contribution in [3.63, 3.8) is 0 Å². The summed E-state index contributed by atoms with van der Waals surface area (Å²) in [6, 6.07) is 15.6. The van der Waals surface area contributed by atoms with Crippen LogP contribution in [-0.4, -0.2) is 36.8 Å². The normalized spacial score (nSPS) is 10.3. The molecule has 0 spiro atoms. The van der Waals surface area contributed by atoms with Crippen LogP contribution in [0.5, 0.6) is 0 Å². The van der Waals surface area contributed by atoms with Crippen LogP contribution in [0.2, 0.25) is 0 Å². The van der Waals surface area contributed by atoms with Crippen LogP contribution < -0.4 is 21.2 Å². The van der Waals surface area contributed by atoms with Crippen molar-refractivity contribution in [2.75, 3.05) is 10.2 Å². The summed E-state index contributed by atoms with van der Waals surface area (Å²) in [5.74, 6) is -0.141. The van der Waals surface area contributed by atoms with Crippen molar-refractivity contribution in [3.05, 3.63) is 129 Å². The van der Waals surface area contributed by atoms with Gasteiger partial charge in [-0.2, -0.15) is 0 Å². The van der Waals surface area contributed by atoms with Gasteiger partial charge in [0.05, 0.1) is 24.6 Å². The van der Waals surface area contributed by atoms with Gasteiger partial charge in [0.15, 0.2) is 11.4 Å². The van der Waals surface area contributed by atoms with Crippen molar-refractivity contribution in [2.45, 2.75) is 20.0 Å². The zero-order valence-corrected chi connectivity index (χ0v) is 28.2. The van der Waals surface area contributed by atoms with Gasteiger partial charge in [-0.15, -0.1) is 0 Å². The van der Waals surface area contributed by atoms with Gasteiger partial charge < -0.3 is 42.5 Å². The fraction of sp³-hybridized carbons (Fsp3) is 0.0938. The van der Waals surface area contributed by atoms with Gasteiger partial charge in [0, 0.05) is 70.4 Å². The Labute approximate surface area is 286 Å². The fourth-order valence-corrected chi connectivity index (χ4v) is 5.63. The van der Waals surface area contributed by atoms with Crippen LogP contribution in [0, 0.1) is 10.4 Å². The van der Waals surface area contributed by atoms with Crippen LogP contribution in [0.25, 0.3) is 21.5 Å². The lowest BCUT2D eigenvalue weighted by molar-refractivity contribution is -0.496. The highest BCUT2D eigenvalue weighted by Gasteiger charge is 2.17. The molecule has 0 radical (unpaired) electrons. The minimum absolute atomic E-state index is 0. The Bertz CT molecular complexity index is 1970. The molecule has 0 aliphatic rings. The predicted molar refractivity (Wildman–Crippen MR) is 189 cm³/mol. The van der Waals surface area contributed by atoms with Crippen LogP contribution in [-0.2, 0) is 17.9 Å². The molecule has 9 N–H and O–H groups in total. The summed E-state index contributed by atoms with van der Waals surface area (Å²) >= 11 is 7.01. The summed E-state index contributed by atoms with van der Waals surface area (Å²) in [6.07, 6.45) is 13.4. The van der Waals surface area contributed by atoms with E-state index in [1.807, 2.05) is 36.5 Å². The molecule has 0 atom stereocenters. The summed E-state index contributed by atoms with van der Waals surface area (Å²) < 4.78 is 1.87. The molecule has 47 heavy (non-hydrogen) atoms. The van der Waals surface area contributed by atoms with Gasteiger partial charge in [0.1, 0.15) is 5.69 Å². The third kappa shape index (κ3) is 9.09. The number of nitrogens with zero attached hydrogens (tertiary/aromatic N) is 5. The number of fused-ring (bicyclic) bond motifs is 2. The number of nitrogens with two attached hydrogens (primary N) is 2. The third-order valence-corrected chi connectivity index (χ3v) is 8.25. The van der Waals surface area contributed by atoms with Gasteiger partial charge in [0.25, 0.3) is 0 Å². The first-order valence-electron chi connectivity index (χ1n) is 13.7. The first-order chi connectivity index (χ1) is 21.9. The Morgan fingerprint density at radius 3 is 1.89 bits per heavy atom. The molecule has 0 aliphatic heterocycles. The lowest BCUT2D eigenvalue weighted by atomic mass is 10.1. The molecule has 0 fully saturated rings. The van der Waals surface area contributed by atoms with Crippen molar-refractivity contribution < 1.29 is 26.7 Å². The minimum Gasteiger partial charge on any atom is -0.630 e. The SMILES string of the molecule is CC(=O)N(Cc1ccc2cncc(Br)c2c1)c1ccncc1[NH2+][O-].O.O.[O-][NH2+]c1cnccc1NCc1ccc2cncc(Br)c2c1. The van der Waals surface area contributed by atoms with Crippen molar-refractivity contribution >= 4 is 82.1 Å². The average molecular weight is 768 g/mol. The lowest BCUT2D eigenvalue weighted by Gasteiger charge is -2.23. The molecule has 0 aliphatic carbocycles. The maximum atomic E-state index is 12.1. The molecule has 13 nitrogen and oxygen atoms in total. The van der Waals surface area contributed by atoms with E-state index >= 15 is 0 Å². The highest BCUT2D eigenvalue weighted by Crippen LogP contribution is 2.27. The number of quaternary nitrogens is 2. The molecule has 2 aromatic carbocycles. The smallest absolute Gasteiger partial charge is 0.224 e. The lowest BCUT2D eigenvalue weighted by Crippen LogP contribution is -2.70. The van der Waals surface area contributed by atoms with Crippen LogP contribution in [0.15, 0.2) is 107 Å². The van der Waals surface area contributed by atoms with Crippen LogP contribution >= 0.6 is 31.9 Å². The van der Waals surface area contributed by atoms with Crippen LogP contribution in [0.4, 0.5) is 22.7 Å².